The largest absolute Gasteiger partial charge is 0.480 e. The van der Waals surface area contributed by atoms with Crippen molar-refractivity contribution in [1.82, 2.24) is 19.9 Å². The smallest absolute Gasteiger partial charge is 0.323 e. The second-order valence-electron chi connectivity index (χ2n) is 10.9. The predicted octanol–water partition coefficient (Wildman–Crippen LogP) is 1.85. The molecule has 1 aliphatic rings. The Balaban J connectivity index is 1.38. The molecule has 1 aromatic heterocycles. The fourth-order valence-electron chi connectivity index (χ4n) is 5.51. The predicted molar refractivity (Wildman–Crippen MR) is 162 cm³/mol. The summed E-state index contributed by atoms with van der Waals surface area (Å²) < 4.78 is 34.1. The zero-order chi connectivity index (χ0) is 32.0. The molecule has 2 aromatic carbocycles. The molecule has 44 heavy (non-hydrogen) atoms. The lowest BCUT2D eigenvalue weighted by atomic mass is 10.0. The fourth-order valence-corrected chi connectivity index (χ4v) is 7.16. The first-order valence-electron chi connectivity index (χ1n) is 14.1. The molecule has 5 N–H and O–H groups in total. The molecule has 2 heterocycles. The molecule has 1 aliphatic heterocycles. The highest BCUT2D eigenvalue weighted by Gasteiger charge is 2.40. The van der Waals surface area contributed by atoms with Crippen LogP contribution in [-0.4, -0.2) is 79.1 Å². The maximum atomic E-state index is 13.4. The SMILES string of the molecule is Cc1cc(C)c(S(=O)(=O)NC(CNC(=O)COC2CC(C(N)c3ccccn3)N(C(=O)c3ccccc3)C2)C(=O)O)c(C)c1. The molecule has 0 radical (unpaired) electrons. The van der Waals surface area contributed by atoms with Gasteiger partial charge in [-0.3, -0.25) is 19.4 Å². The van der Waals surface area contributed by atoms with Gasteiger partial charge in [-0.2, -0.15) is 4.72 Å². The van der Waals surface area contributed by atoms with Crippen LogP contribution in [0.25, 0.3) is 0 Å². The standard InChI is InChI=1S/C31H37N5O7S/c1-19-13-20(2)29(21(3)14-19)44(41,42)35-25(31(39)40)16-34-27(37)18-43-23-15-26(28(32)24-11-7-8-12-33-24)36(17-23)30(38)22-9-5-4-6-10-22/h4-14,23,25-26,28,35H,15-18,32H2,1-3H3,(H,34,37)(H,39,40). The summed E-state index contributed by atoms with van der Waals surface area (Å²) in [6, 6.07) is 14.9. The number of carboxylic acids is 1. The van der Waals surface area contributed by atoms with E-state index in [0.29, 0.717) is 28.8 Å². The number of carboxylic acid groups (broad SMARTS) is 1. The lowest BCUT2D eigenvalue weighted by Crippen LogP contribution is -2.49. The molecular weight excluding hydrogens is 586 g/mol. The van der Waals surface area contributed by atoms with Crippen molar-refractivity contribution < 1.29 is 32.6 Å². The Kier molecular flexibility index (Phi) is 10.5. The Morgan fingerprint density at radius 1 is 1.07 bits per heavy atom. The van der Waals surface area contributed by atoms with Crippen LogP contribution in [-0.2, 0) is 24.3 Å². The van der Waals surface area contributed by atoms with Crippen molar-refractivity contribution in [3.8, 4) is 0 Å². The van der Waals surface area contributed by atoms with Gasteiger partial charge in [0.2, 0.25) is 15.9 Å². The van der Waals surface area contributed by atoms with Gasteiger partial charge >= 0.3 is 5.97 Å². The summed E-state index contributed by atoms with van der Waals surface area (Å²) in [5.41, 5.74) is 9.49. The molecule has 13 heteroatoms. The number of amides is 2. The van der Waals surface area contributed by atoms with Crippen LogP contribution in [0.3, 0.4) is 0 Å². The van der Waals surface area contributed by atoms with Gasteiger partial charge in [-0.1, -0.05) is 42.0 Å². The van der Waals surface area contributed by atoms with E-state index in [2.05, 4.69) is 15.0 Å². The molecule has 3 aromatic rings. The van der Waals surface area contributed by atoms with Gasteiger partial charge < -0.3 is 25.8 Å². The highest BCUT2D eigenvalue weighted by Crippen LogP contribution is 2.30. The number of hydrogen-bond acceptors (Lipinski definition) is 8. The maximum absolute atomic E-state index is 13.4. The van der Waals surface area contributed by atoms with Crippen LogP contribution in [0.15, 0.2) is 71.8 Å². The first-order chi connectivity index (χ1) is 20.9. The van der Waals surface area contributed by atoms with Crippen LogP contribution in [0, 0.1) is 20.8 Å². The van der Waals surface area contributed by atoms with Crippen molar-refractivity contribution in [2.75, 3.05) is 19.7 Å². The molecule has 12 nitrogen and oxygen atoms in total. The number of pyridine rings is 1. The molecule has 0 bridgehead atoms. The summed E-state index contributed by atoms with van der Waals surface area (Å²) >= 11 is 0. The Morgan fingerprint density at radius 3 is 2.34 bits per heavy atom. The van der Waals surface area contributed by atoms with Gasteiger partial charge in [-0.25, -0.2) is 8.42 Å². The number of aliphatic carboxylic acids is 1. The van der Waals surface area contributed by atoms with Crippen LogP contribution >= 0.6 is 0 Å². The number of nitrogens with zero attached hydrogens (tertiary/aromatic N) is 2. The Hall–Kier alpha value is -4.17. The minimum absolute atomic E-state index is 0.00156. The summed E-state index contributed by atoms with van der Waals surface area (Å²) in [7, 11) is -4.20. The van der Waals surface area contributed by atoms with Gasteiger partial charge in [0, 0.05) is 24.8 Å². The molecule has 0 aliphatic carbocycles. The number of ether oxygens (including phenoxy) is 1. The fraction of sp³-hybridized carbons (Fsp3) is 0.355. The van der Waals surface area contributed by atoms with Crippen LogP contribution < -0.4 is 15.8 Å². The molecule has 234 valence electrons. The topological polar surface area (TPSA) is 181 Å². The number of carbonyl (C=O) groups excluding carboxylic acids is 2. The molecule has 0 saturated carbocycles. The van der Waals surface area contributed by atoms with Gasteiger partial charge in [0.1, 0.15) is 12.6 Å². The van der Waals surface area contributed by atoms with Crippen LogP contribution in [0.5, 0.6) is 0 Å². The Labute approximate surface area is 256 Å². The van der Waals surface area contributed by atoms with Gasteiger partial charge in [-0.15, -0.1) is 0 Å². The number of benzene rings is 2. The Bertz CT molecular complexity index is 1580. The first kappa shape index (κ1) is 32.7. The van der Waals surface area contributed by atoms with Gasteiger partial charge in [0.15, 0.2) is 0 Å². The van der Waals surface area contributed by atoms with E-state index < -0.39 is 59.3 Å². The highest BCUT2D eigenvalue weighted by atomic mass is 32.2. The van der Waals surface area contributed by atoms with Gasteiger partial charge in [0.25, 0.3) is 5.91 Å². The zero-order valence-corrected chi connectivity index (χ0v) is 25.6. The van der Waals surface area contributed by atoms with E-state index in [4.69, 9.17) is 10.5 Å². The van der Waals surface area contributed by atoms with Crippen molar-refractivity contribution >= 4 is 27.8 Å². The quantitative estimate of drug-likeness (QED) is 0.234. The third-order valence-corrected chi connectivity index (χ3v) is 9.23. The van der Waals surface area contributed by atoms with Crippen molar-refractivity contribution in [1.29, 1.82) is 0 Å². The lowest BCUT2D eigenvalue weighted by Gasteiger charge is -2.29. The van der Waals surface area contributed by atoms with E-state index in [1.807, 2.05) is 19.1 Å². The molecule has 4 rings (SSSR count). The number of hydrogen-bond donors (Lipinski definition) is 4. The maximum Gasteiger partial charge on any atom is 0.323 e. The number of aromatic nitrogens is 1. The van der Waals surface area contributed by atoms with E-state index in [1.54, 1.807) is 73.5 Å². The highest BCUT2D eigenvalue weighted by molar-refractivity contribution is 7.89. The van der Waals surface area contributed by atoms with Gasteiger partial charge in [-0.05, 0) is 62.6 Å². The average molecular weight is 624 g/mol. The molecular formula is C31H37N5O7S. The molecule has 1 saturated heterocycles. The number of carbonyl (C=O) groups is 3. The minimum Gasteiger partial charge on any atom is -0.480 e. The van der Waals surface area contributed by atoms with E-state index in [9.17, 15) is 27.9 Å². The van der Waals surface area contributed by atoms with Gasteiger partial charge in [0.05, 0.1) is 28.8 Å². The van der Waals surface area contributed by atoms with E-state index in [0.717, 1.165) is 5.56 Å². The molecule has 1 fully saturated rings. The Morgan fingerprint density at radius 2 is 1.73 bits per heavy atom. The number of rotatable bonds is 12. The average Bonchev–Trinajstić information content (AvgIpc) is 3.41. The lowest BCUT2D eigenvalue weighted by molar-refractivity contribution is -0.139. The third-order valence-electron chi connectivity index (χ3n) is 7.45. The summed E-state index contributed by atoms with van der Waals surface area (Å²) in [6.07, 6.45) is 1.44. The second kappa shape index (κ2) is 14.1. The van der Waals surface area contributed by atoms with Crippen LogP contribution in [0.1, 0.15) is 45.2 Å². The van der Waals surface area contributed by atoms with E-state index in [1.165, 1.54) is 0 Å². The number of sulfonamides is 1. The summed E-state index contributed by atoms with van der Waals surface area (Å²) in [4.78, 5) is 43.9. The molecule has 2 amide bonds. The van der Waals surface area contributed by atoms with Crippen molar-refractivity contribution in [3.63, 3.8) is 0 Å². The molecule has 4 atom stereocenters. The summed E-state index contributed by atoms with van der Waals surface area (Å²) in [5, 5.41) is 12.1. The second-order valence-corrected chi connectivity index (χ2v) is 12.5. The number of nitrogens with two attached hydrogens (primary N) is 1. The number of aryl methyl sites for hydroxylation is 3. The van der Waals surface area contributed by atoms with E-state index >= 15 is 0 Å². The third kappa shape index (κ3) is 7.85. The number of likely N-dealkylation sites (tertiary alicyclic amines) is 1. The molecule has 0 spiro atoms. The molecule has 4 unspecified atom stereocenters. The van der Waals surface area contributed by atoms with Crippen LogP contribution in [0.4, 0.5) is 0 Å². The van der Waals surface area contributed by atoms with Crippen molar-refractivity contribution in [3.05, 3.63) is 94.8 Å². The first-order valence-corrected chi connectivity index (χ1v) is 15.6. The van der Waals surface area contributed by atoms with Crippen LogP contribution in [0.2, 0.25) is 0 Å². The minimum atomic E-state index is -4.20. The normalized spacial score (nSPS) is 18.0. The summed E-state index contributed by atoms with van der Waals surface area (Å²) in [5.74, 6) is -2.32. The van der Waals surface area contributed by atoms with E-state index in [-0.39, 0.29) is 17.3 Å². The van der Waals surface area contributed by atoms with Crippen molar-refractivity contribution in [2.45, 2.75) is 56.3 Å². The van der Waals surface area contributed by atoms with Crippen molar-refractivity contribution in [2.24, 2.45) is 5.73 Å². The zero-order valence-electron chi connectivity index (χ0n) is 24.8. The summed E-state index contributed by atoms with van der Waals surface area (Å²) in [6.45, 7) is 4.35. The monoisotopic (exact) mass is 623 g/mol. The number of nitrogens with one attached hydrogen (secondary N) is 2.